The molecule has 6 nitrogen and oxygen atoms in total. The second-order valence-corrected chi connectivity index (χ2v) is 11.3. The number of aryl methyl sites for hydroxylation is 1. The number of quaternary nitrogens is 1. The summed E-state index contributed by atoms with van der Waals surface area (Å²) in [7, 11) is -3.78. The van der Waals surface area contributed by atoms with Crippen LogP contribution < -0.4 is 5.23 Å². The Bertz CT molecular complexity index is 1040. The molecular formula is C25H34N2O4S. The fraction of sp³-hybridized carbons (Fsp3) is 0.520. The largest absolute Gasteiger partial charge is 0.595 e. The fourth-order valence-electron chi connectivity index (χ4n) is 5.31. The van der Waals surface area contributed by atoms with E-state index in [0.29, 0.717) is 11.1 Å². The number of benzene rings is 1. The van der Waals surface area contributed by atoms with E-state index in [1.807, 2.05) is 13.0 Å². The number of hydrogen-bond donors (Lipinski definition) is 3. The van der Waals surface area contributed by atoms with Gasteiger partial charge in [0.25, 0.3) is 0 Å². The van der Waals surface area contributed by atoms with Crippen LogP contribution in [0.3, 0.4) is 0 Å². The lowest BCUT2D eigenvalue weighted by atomic mass is 9.82. The van der Waals surface area contributed by atoms with Crippen molar-refractivity contribution in [2.24, 2.45) is 5.92 Å². The van der Waals surface area contributed by atoms with Crippen LogP contribution in [0.25, 0.3) is 5.70 Å². The molecule has 174 valence electrons. The molecule has 0 bridgehead atoms. The van der Waals surface area contributed by atoms with E-state index in [2.05, 4.69) is 4.98 Å². The molecule has 32 heavy (non-hydrogen) atoms. The van der Waals surface area contributed by atoms with Gasteiger partial charge >= 0.3 is 0 Å². The van der Waals surface area contributed by atoms with Crippen molar-refractivity contribution >= 4 is 15.5 Å². The molecule has 1 aromatic heterocycles. The number of H-pyrrole nitrogens is 1. The molecule has 4 rings (SSSR count). The summed E-state index contributed by atoms with van der Waals surface area (Å²) in [6, 6.07) is 6.85. The Morgan fingerprint density at radius 2 is 1.62 bits per heavy atom. The van der Waals surface area contributed by atoms with Gasteiger partial charge in [-0.25, -0.2) is 13.6 Å². The molecule has 1 unspecified atom stereocenters. The van der Waals surface area contributed by atoms with Crippen molar-refractivity contribution < 1.29 is 18.9 Å². The van der Waals surface area contributed by atoms with Crippen molar-refractivity contribution in [2.75, 3.05) is 0 Å². The number of rotatable bonds is 6. The van der Waals surface area contributed by atoms with Crippen LogP contribution >= 0.6 is 0 Å². The number of hydrogen-bond acceptors (Lipinski definition) is 4. The lowest BCUT2D eigenvalue weighted by molar-refractivity contribution is -0.985. The Hall–Kier alpha value is -1.93. The molecule has 0 radical (unpaired) electrons. The summed E-state index contributed by atoms with van der Waals surface area (Å²) in [5, 5.41) is 21.6. The molecule has 1 aromatic carbocycles. The third-order valence-electron chi connectivity index (χ3n) is 7.07. The van der Waals surface area contributed by atoms with E-state index in [9.17, 15) is 18.8 Å². The third-order valence-corrected chi connectivity index (χ3v) is 8.84. The van der Waals surface area contributed by atoms with Gasteiger partial charge in [0.15, 0.2) is 5.70 Å². The average molecular weight is 459 g/mol. The van der Waals surface area contributed by atoms with Gasteiger partial charge in [-0.2, -0.15) is 5.23 Å². The molecule has 2 saturated carbocycles. The zero-order valence-corrected chi connectivity index (χ0v) is 19.6. The Morgan fingerprint density at radius 3 is 2.22 bits per heavy atom. The van der Waals surface area contributed by atoms with Crippen LogP contribution in [0.2, 0.25) is 0 Å². The number of sulfone groups is 1. The van der Waals surface area contributed by atoms with Crippen LogP contribution in [-0.2, 0) is 9.84 Å². The van der Waals surface area contributed by atoms with Gasteiger partial charge in [-0.15, -0.1) is 0 Å². The first-order valence-electron chi connectivity index (χ1n) is 11.9. The molecule has 2 fully saturated rings. The fourth-order valence-corrected chi connectivity index (χ4v) is 6.82. The molecule has 0 amide bonds. The van der Waals surface area contributed by atoms with Gasteiger partial charge in [0.1, 0.15) is 5.03 Å². The van der Waals surface area contributed by atoms with Gasteiger partial charge in [0.2, 0.25) is 9.84 Å². The first-order valence-corrected chi connectivity index (χ1v) is 13.3. The summed E-state index contributed by atoms with van der Waals surface area (Å²) in [5.41, 5.74) is 2.47. The summed E-state index contributed by atoms with van der Waals surface area (Å²) in [6.45, 7) is 1.92. The number of allylic oxidation sites excluding steroid dienone is 1. The number of nitrogens with one attached hydrogen (secondary N) is 2. The van der Waals surface area contributed by atoms with Crippen molar-refractivity contribution in [3.8, 4) is 0 Å². The predicted octanol–water partition coefficient (Wildman–Crippen LogP) is 4.90. The van der Waals surface area contributed by atoms with Crippen LogP contribution in [0.15, 0.2) is 46.5 Å². The van der Waals surface area contributed by atoms with E-state index in [-0.39, 0.29) is 27.5 Å². The van der Waals surface area contributed by atoms with Gasteiger partial charge in [0.05, 0.1) is 10.5 Å². The molecule has 0 spiro atoms. The van der Waals surface area contributed by atoms with Gasteiger partial charge in [0, 0.05) is 11.8 Å². The first kappa shape index (κ1) is 23.2. The van der Waals surface area contributed by atoms with E-state index in [1.165, 1.54) is 6.42 Å². The normalized spacial score (nSPS) is 20.4. The molecule has 1 atom stereocenters. The summed E-state index contributed by atoms with van der Waals surface area (Å²) in [6.07, 6.45) is 13.9. The highest BCUT2D eigenvalue weighted by Crippen LogP contribution is 2.41. The standard InChI is InChI=1S/C25H34N2O4S/c1-18-12-14-21(15-13-18)32(30,31)25-24(20-10-6-3-7-11-20)22(17-26-25)23(27(28)29)16-19-8-4-2-5-9-19/h12-17,19-20,26-28H,2-11H2,1H3/b23-16-. The molecule has 2 aromatic rings. The Morgan fingerprint density at radius 1 is 1.03 bits per heavy atom. The van der Waals surface area contributed by atoms with Crippen LogP contribution in [0.4, 0.5) is 0 Å². The van der Waals surface area contributed by atoms with E-state index >= 15 is 0 Å². The molecular weight excluding hydrogens is 424 g/mol. The summed E-state index contributed by atoms with van der Waals surface area (Å²) >= 11 is 0. The average Bonchev–Trinajstić information content (AvgIpc) is 3.24. The maximum Gasteiger partial charge on any atom is 0.222 e. The maximum absolute atomic E-state index is 13.6. The summed E-state index contributed by atoms with van der Waals surface area (Å²) < 4.78 is 27.2. The Kier molecular flexibility index (Phi) is 7.20. The lowest BCUT2D eigenvalue weighted by Crippen LogP contribution is -3.01. The van der Waals surface area contributed by atoms with Crippen molar-refractivity contribution in [1.82, 2.24) is 4.98 Å². The third kappa shape index (κ3) is 4.86. The molecule has 1 heterocycles. The molecule has 0 aliphatic heterocycles. The molecule has 3 N–H and O–H groups in total. The Labute approximate surface area is 190 Å². The number of aromatic nitrogens is 1. The van der Waals surface area contributed by atoms with Crippen LogP contribution in [-0.4, -0.2) is 18.6 Å². The number of hydroxylamine groups is 2. The van der Waals surface area contributed by atoms with Crippen molar-refractivity contribution in [2.45, 2.75) is 87.0 Å². The zero-order valence-electron chi connectivity index (χ0n) is 18.8. The highest BCUT2D eigenvalue weighted by atomic mass is 32.2. The van der Waals surface area contributed by atoms with Crippen LogP contribution in [0.5, 0.6) is 0 Å². The molecule has 2 aliphatic rings. The monoisotopic (exact) mass is 458 g/mol. The minimum atomic E-state index is -3.78. The van der Waals surface area contributed by atoms with Crippen molar-refractivity contribution in [3.05, 3.63) is 58.4 Å². The lowest BCUT2D eigenvalue weighted by Gasteiger charge is -2.26. The van der Waals surface area contributed by atoms with E-state index in [1.54, 1.807) is 30.5 Å². The summed E-state index contributed by atoms with van der Waals surface area (Å²) in [5.74, 6) is 0.287. The topological polar surface area (TPSA) is 97.7 Å². The van der Waals surface area contributed by atoms with Gasteiger partial charge < -0.3 is 10.2 Å². The van der Waals surface area contributed by atoms with E-state index in [4.69, 9.17) is 0 Å². The summed E-state index contributed by atoms with van der Waals surface area (Å²) in [4.78, 5) is 3.24. The quantitative estimate of drug-likeness (QED) is 0.537. The first-order chi connectivity index (χ1) is 15.4. The van der Waals surface area contributed by atoms with Gasteiger partial charge in [-0.3, -0.25) is 0 Å². The minimum Gasteiger partial charge on any atom is -0.595 e. The second-order valence-electron chi connectivity index (χ2n) is 9.38. The maximum atomic E-state index is 13.6. The second kappa shape index (κ2) is 9.91. The van der Waals surface area contributed by atoms with Crippen molar-refractivity contribution in [1.29, 1.82) is 0 Å². The SMILES string of the molecule is Cc1ccc(S(=O)(=O)c2[nH]cc(/C(=C/C3CCCCC3)[NH+]([O-])O)c2C2CCCCC2)cc1. The minimum absolute atomic E-state index is 0.0503. The molecule has 2 aliphatic carbocycles. The molecule has 7 heteroatoms. The zero-order chi connectivity index (χ0) is 22.7. The highest BCUT2D eigenvalue weighted by Gasteiger charge is 2.33. The van der Waals surface area contributed by atoms with Crippen LogP contribution in [0, 0.1) is 18.0 Å². The van der Waals surface area contributed by atoms with Crippen molar-refractivity contribution in [3.63, 3.8) is 0 Å². The predicted molar refractivity (Wildman–Crippen MR) is 124 cm³/mol. The van der Waals surface area contributed by atoms with E-state index in [0.717, 1.165) is 63.4 Å². The van der Waals surface area contributed by atoms with Gasteiger partial charge in [-0.1, -0.05) is 56.2 Å². The Balaban J connectivity index is 1.83. The number of aromatic amines is 1. The highest BCUT2D eigenvalue weighted by molar-refractivity contribution is 7.91. The van der Waals surface area contributed by atoms with Crippen LogP contribution in [0.1, 0.15) is 86.8 Å². The smallest absolute Gasteiger partial charge is 0.222 e. The van der Waals surface area contributed by atoms with E-state index < -0.39 is 15.1 Å². The molecule has 0 saturated heterocycles. The van der Waals surface area contributed by atoms with Gasteiger partial charge in [-0.05, 0) is 62.7 Å².